The van der Waals surface area contributed by atoms with E-state index < -0.39 is 11.9 Å². The van der Waals surface area contributed by atoms with Gasteiger partial charge in [0.2, 0.25) is 5.88 Å². The molecule has 194 valence electrons. The predicted octanol–water partition coefficient (Wildman–Crippen LogP) is 4.72. The quantitative estimate of drug-likeness (QED) is 0.320. The van der Waals surface area contributed by atoms with E-state index in [2.05, 4.69) is 25.0 Å². The molecule has 1 aromatic carbocycles. The number of alkyl halides is 3. The van der Waals surface area contributed by atoms with Gasteiger partial charge in [-0.3, -0.25) is 4.68 Å². The second-order valence-electron chi connectivity index (χ2n) is 9.35. The van der Waals surface area contributed by atoms with Gasteiger partial charge in [0.25, 0.3) is 0 Å². The highest BCUT2D eigenvalue weighted by atomic mass is 19.4. The smallest absolute Gasteiger partial charge is 0.434 e. The number of nitrogens with zero attached hydrogens (tertiary/aromatic N) is 8. The maximum Gasteiger partial charge on any atom is 0.434 e. The average molecular weight is 521 g/mol. The first-order valence-electron chi connectivity index (χ1n) is 12.0. The predicted molar refractivity (Wildman–Crippen MR) is 132 cm³/mol. The Hall–Kier alpha value is -4.35. The zero-order chi connectivity index (χ0) is 26.6. The lowest BCUT2D eigenvalue weighted by atomic mass is 10.1. The number of halogens is 3. The third-order valence-corrected chi connectivity index (χ3v) is 6.66. The number of rotatable bonds is 6. The summed E-state index contributed by atoms with van der Waals surface area (Å²) in [4.78, 5) is 22.0. The fourth-order valence-electron chi connectivity index (χ4n) is 4.60. The van der Waals surface area contributed by atoms with Crippen molar-refractivity contribution in [3.05, 3.63) is 65.6 Å². The first-order valence-corrected chi connectivity index (χ1v) is 12.0. The zero-order valence-electron chi connectivity index (χ0n) is 20.9. The third kappa shape index (κ3) is 4.25. The van der Waals surface area contributed by atoms with Gasteiger partial charge in [-0.05, 0) is 18.4 Å². The Bertz CT molecular complexity index is 1650. The molecular weight excluding hydrogens is 497 g/mol. The molecule has 0 saturated heterocycles. The molecular formula is C26H23F3N8O. The molecule has 5 aromatic rings. The van der Waals surface area contributed by atoms with E-state index in [-0.39, 0.29) is 5.82 Å². The number of benzene rings is 1. The van der Waals surface area contributed by atoms with Crippen molar-refractivity contribution >= 4 is 11.0 Å². The van der Waals surface area contributed by atoms with Gasteiger partial charge in [0, 0.05) is 38.2 Å². The third-order valence-electron chi connectivity index (χ3n) is 6.66. The van der Waals surface area contributed by atoms with Crippen LogP contribution in [-0.4, -0.2) is 46.4 Å². The van der Waals surface area contributed by atoms with Crippen LogP contribution in [0.4, 0.5) is 13.2 Å². The number of fused-ring (bicyclic) bond motifs is 1. The number of hydrogen-bond donors (Lipinski definition) is 0. The van der Waals surface area contributed by atoms with Crippen LogP contribution >= 0.6 is 0 Å². The number of ether oxygens (including phenoxy) is 1. The van der Waals surface area contributed by atoms with Crippen LogP contribution in [0.3, 0.4) is 0 Å². The van der Waals surface area contributed by atoms with Crippen LogP contribution in [0.25, 0.3) is 33.8 Å². The van der Waals surface area contributed by atoms with Crippen LogP contribution in [0.2, 0.25) is 0 Å². The Morgan fingerprint density at radius 2 is 1.79 bits per heavy atom. The van der Waals surface area contributed by atoms with Crippen molar-refractivity contribution in [3.63, 3.8) is 0 Å². The number of methoxy groups -OCH3 is 1. The molecule has 1 fully saturated rings. The van der Waals surface area contributed by atoms with E-state index in [9.17, 15) is 13.2 Å². The molecule has 4 heterocycles. The van der Waals surface area contributed by atoms with Gasteiger partial charge in [-0.1, -0.05) is 24.3 Å². The minimum atomic E-state index is -4.49. The highest BCUT2D eigenvalue weighted by Crippen LogP contribution is 2.45. The molecule has 0 aliphatic heterocycles. The van der Waals surface area contributed by atoms with Gasteiger partial charge in [-0.25, -0.2) is 24.9 Å². The number of aromatic nitrogens is 8. The number of aryl methyl sites for hydroxylation is 2. The van der Waals surface area contributed by atoms with Crippen LogP contribution in [0, 0.1) is 0 Å². The molecule has 0 unspecified atom stereocenters. The van der Waals surface area contributed by atoms with Gasteiger partial charge < -0.3 is 9.30 Å². The van der Waals surface area contributed by atoms with Crippen molar-refractivity contribution in [1.29, 1.82) is 0 Å². The summed E-state index contributed by atoms with van der Waals surface area (Å²) in [5.74, 6) is 1.51. The van der Waals surface area contributed by atoms with Gasteiger partial charge in [-0.2, -0.15) is 18.3 Å². The van der Waals surface area contributed by atoms with Crippen molar-refractivity contribution in [2.45, 2.75) is 31.4 Å². The summed E-state index contributed by atoms with van der Waals surface area (Å²) in [6.07, 6.45) is 2.31. The summed E-state index contributed by atoms with van der Waals surface area (Å²) in [7, 11) is 4.96. The largest absolute Gasteiger partial charge is 0.480 e. The Kier molecular flexibility index (Phi) is 5.62. The summed E-state index contributed by atoms with van der Waals surface area (Å²) < 4.78 is 47.9. The summed E-state index contributed by atoms with van der Waals surface area (Å²) in [6, 6.07) is 7.28. The molecule has 12 heteroatoms. The van der Waals surface area contributed by atoms with Crippen molar-refractivity contribution in [2.75, 3.05) is 7.11 Å². The Morgan fingerprint density at radius 1 is 1.03 bits per heavy atom. The Morgan fingerprint density at radius 3 is 2.45 bits per heavy atom. The summed E-state index contributed by atoms with van der Waals surface area (Å²) in [5, 5.41) is 4.57. The molecule has 0 amide bonds. The van der Waals surface area contributed by atoms with Crippen LogP contribution in [0.15, 0.2) is 43.0 Å². The average Bonchev–Trinajstić information content (AvgIpc) is 3.60. The van der Waals surface area contributed by atoms with E-state index in [4.69, 9.17) is 9.72 Å². The lowest BCUT2D eigenvalue weighted by Gasteiger charge is -2.10. The maximum absolute atomic E-state index is 13.1. The van der Waals surface area contributed by atoms with E-state index in [0.717, 1.165) is 36.0 Å². The molecule has 9 nitrogen and oxygen atoms in total. The fraction of sp³-hybridized carbons (Fsp3) is 0.308. The first-order chi connectivity index (χ1) is 18.2. The van der Waals surface area contributed by atoms with E-state index >= 15 is 0 Å². The molecule has 4 aromatic heterocycles. The van der Waals surface area contributed by atoms with Gasteiger partial charge in [0.1, 0.15) is 28.7 Å². The second kappa shape index (κ2) is 8.89. The molecule has 38 heavy (non-hydrogen) atoms. The van der Waals surface area contributed by atoms with E-state index in [1.165, 1.54) is 10.9 Å². The minimum Gasteiger partial charge on any atom is -0.480 e. The van der Waals surface area contributed by atoms with Gasteiger partial charge in [0.15, 0.2) is 11.5 Å². The molecule has 1 aliphatic carbocycles. The number of imidazole rings is 1. The van der Waals surface area contributed by atoms with Crippen molar-refractivity contribution in [3.8, 4) is 28.7 Å². The van der Waals surface area contributed by atoms with Crippen molar-refractivity contribution in [1.82, 2.24) is 39.3 Å². The maximum atomic E-state index is 13.1. The molecule has 0 radical (unpaired) electrons. The first kappa shape index (κ1) is 24.0. The fourth-order valence-corrected chi connectivity index (χ4v) is 4.60. The van der Waals surface area contributed by atoms with Crippen LogP contribution in [0.1, 0.15) is 41.4 Å². The zero-order valence-corrected chi connectivity index (χ0v) is 20.9. The second-order valence-corrected chi connectivity index (χ2v) is 9.35. The monoisotopic (exact) mass is 520 g/mol. The molecule has 0 N–H and O–H groups in total. The van der Waals surface area contributed by atoms with Crippen molar-refractivity contribution < 1.29 is 17.9 Å². The highest BCUT2D eigenvalue weighted by molar-refractivity contribution is 5.80. The van der Waals surface area contributed by atoms with Gasteiger partial charge in [-0.15, -0.1) is 0 Å². The summed E-state index contributed by atoms with van der Waals surface area (Å²) >= 11 is 0. The topological polar surface area (TPSA) is 96.4 Å². The molecule has 1 aliphatic rings. The SMILES string of the molecule is COc1ncnc(C2CC2)c1-c1ncc2nn(C)c(Cc3ccc(-c4nc(C(F)(F)F)cn4C)cc3)c2n1. The Balaban J connectivity index is 1.34. The van der Waals surface area contributed by atoms with Crippen LogP contribution in [-0.2, 0) is 26.7 Å². The molecule has 1 saturated carbocycles. The molecule has 0 atom stereocenters. The molecule has 6 rings (SSSR count). The molecule has 0 spiro atoms. The van der Waals surface area contributed by atoms with Gasteiger partial charge >= 0.3 is 6.18 Å². The normalized spacial score (nSPS) is 13.8. The van der Waals surface area contributed by atoms with E-state index in [0.29, 0.717) is 46.2 Å². The summed E-state index contributed by atoms with van der Waals surface area (Å²) in [6.45, 7) is 0. The molecule has 0 bridgehead atoms. The highest BCUT2D eigenvalue weighted by Gasteiger charge is 2.34. The van der Waals surface area contributed by atoms with Gasteiger partial charge in [0.05, 0.1) is 24.7 Å². The Labute approximate surface area is 215 Å². The van der Waals surface area contributed by atoms with Crippen LogP contribution < -0.4 is 4.74 Å². The lowest BCUT2D eigenvalue weighted by molar-refractivity contribution is -0.140. The standard InChI is InChI=1S/C26H23F3N8O/c1-36-12-19(26(27,28)29)33-24(36)16-6-4-14(5-7-16)10-18-22-17(35-37(18)2)11-30-23(34-22)20-21(15-8-9-15)31-13-32-25(20)38-3/h4-7,11-13,15H,8-10H2,1-3H3. The minimum absolute atomic E-state index is 0.248. The lowest BCUT2D eigenvalue weighted by Crippen LogP contribution is -2.04. The van der Waals surface area contributed by atoms with E-state index in [1.807, 2.05) is 19.2 Å². The van der Waals surface area contributed by atoms with E-state index in [1.54, 1.807) is 37.2 Å². The summed E-state index contributed by atoms with van der Waals surface area (Å²) in [5.41, 5.74) is 4.44. The van der Waals surface area contributed by atoms with Crippen LogP contribution in [0.5, 0.6) is 5.88 Å². The number of hydrogen-bond acceptors (Lipinski definition) is 7. The van der Waals surface area contributed by atoms with Crippen molar-refractivity contribution in [2.24, 2.45) is 14.1 Å².